The molecule has 1 aromatic heterocycles. The van der Waals surface area contributed by atoms with E-state index in [0.29, 0.717) is 28.9 Å². The van der Waals surface area contributed by atoms with E-state index in [4.69, 9.17) is 5.73 Å². The number of aryl methyl sites for hydroxylation is 1. The smallest absolute Gasteiger partial charge is 0.220 e. The van der Waals surface area contributed by atoms with E-state index in [1.165, 1.54) is 18.2 Å². The third kappa shape index (κ3) is 2.97. The highest BCUT2D eigenvalue weighted by Gasteiger charge is 2.31. The van der Waals surface area contributed by atoms with Crippen molar-refractivity contribution in [1.82, 2.24) is 9.97 Å². The zero-order valence-electron chi connectivity index (χ0n) is 14.7. The van der Waals surface area contributed by atoms with Crippen molar-refractivity contribution < 1.29 is 13.6 Å². The largest absolute Gasteiger partial charge is 0.368 e. The second kappa shape index (κ2) is 6.54. The van der Waals surface area contributed by atoms with Crippen LogP contribution in [0.4, 0.5) is 14.7 Å². The fraction of sp³-hybridized carbons (Fsp3) is 0.190. The summed E-state index contributed by atoms with van der Waals surface area (Å²) in [5.41, 5.74) is 8.49. The number of benzene rings is 2. The van der Waals surface area contributed by atoms with E-state index < -0.39 is 11.6 Å². The van der Waals surface area contributed by atoms with Crippen molar-refractivity contribution in [3.05, 3.63) is 76.6 Å². The second-order valence-corrected chi connectivity index (χ2v) is 6.70. The highest BCUT2D eigenvalue weighted by Crippen LogP contribution is 2.39. The second-order valence-electron chi connectivity index (χ2n) is 6.70. The molecule has 2 aromatic carbocycles. The van der Waals surface area contributed by atoms with Crippen LogP contribution in [-0.4, -0.2) is 15.8 Å². The fourth-order valence-corrected chi connectivity index (χ4v) is 3.85. The monoisotopic (exact) mass is 365 g/mol. The van der Waals surface area contributed by atoms with Crippen LogP contribution in [-0.2, 0) is 6.42 Å². The van der Waals surface area contributed by atoms with Gasteiger partial charge < -0.3 is 5.73 Å². The van der Waals surface area contributed by atoms with Crippen LogP contribution in [0.2, 0.25) is 0 Å². The number of hydrogen-bond donors (Lipinski definition) is 1. The molecule has 1 aliphatic carbocycles. The Morgan fingerprint density at radius 1 is 0.963 bits per heavy atom. The van der Waals surface area contributed by atoms with Gasteiger partial charge in [0, 0.05) is 6.42 Å². The Bertz CT molecular complexity index is 1050. The number of nitrogens with two attached hydrogens (primary N) is 1. The lowest BCUT2D eigenvalue weighted by atomic mass is 9.78. The Labute approximate surface area is 155 Å². The SMILES string of the molecule is Cc1nc(N)nc2c1C(=O)CC(c1ccccc1-c1c(F)cccc1F)C2. The maximum absolute atomic E-state index is 14.4. The summed E-state index contributed by atoms with van der Waals surface area (Å²) in [7, 11) is 0. The van der Waals surface area contributed by atoms with Gasteiger partial charge in [0.15, 0.2) is 5.78 Å². The third-order valence-corrected chi connectivity index (χ3v) is 4.97. The van der Waals surface area contributed by atoms with Crippen molar-refractivity contribution >= 4 is 11.7 Å². The lowest BCUT2D eigenvalue weighted by Crippen LogP contribution is -2.23. The lowest BCUT2D eigenvalue weighted by molar-refractivity contribution is 0.0962. The molecule has 1 atom stereocenters. The van der Waals surface area contributed by atoms with Crippen molar-refractivity contribution in [3.8, 4) is 11.1 Å². The van der Waals surface area contributed by atoms with Crippen molar-refractivity contribution in [2.24, 2.45) is 0 Å². The molecule has 1 unspecified atom stereocenters. The zero-order chi connectivity index (χ0) is 19.1. The number of aromatic nitrogens is 2. The molecule has 6 heteroatoms. The Morgan fingerprint density at radius 2 is 1.67 bits per heavy atom. The topological polar surface area (TPSA) is 68.9 Å². The van der Waals surface area contributed by atoms with E-state index in [2.05, 4.69) is 9.97 Å². The van der Waals surface area contributed by atoms with E-state index in [0.717, 1.165) is 5.56 Å². The summed E-state index contributed by atoms with van der Waals surface area (Å²) in [5, 5.41) is 0. The van der Waals surface area contributed by atoms with Crippen LogP contribution < -0.4 is 5.73 Å². The van der Waals surface area contributed by atoms with Gasteiger partial charge in [-0.2, -0.15) is 0 Å². The van der Waals surface area contributed by atoms with E-state index >= 15 is 0 Å². The number of carbonyl (C=O) groups is 1. The van der Waals surface area contributed by atoms with E-state index in [1.807, 2.05) is 6.07 Å². The summed E-state index contributed by atoms with van der Waals surface area (Å²) in [4.78, 5) is 21.0. The van der Waals surface area contributed by atoms with Crippen molar-refractivity contribution in [2.45, 2.75) is 25.7 Å². The molecule has 0 spiro atoms. The third-order valence-electron chi connectivity index (χ3n) is 4.97. The average Bonchev–Trinajstić information content (AvgIpc) is 2.61. The minimum Gasteiger partial charge on any atom is -0.368 e. The van der Waals surface area contributed by atoms with Crippen LogP contribution >= 0.6 is 0 Å². The molecule has 0 aliphatic heterocycles. The van der Waals surface area contributed by atoms with Gasteiger partial charge in [0.2, 0.25) is 5.95 Å². The first-order valence-corrected chi connectivity index (χ1v) is 8.65. The van der Waals surface area contributed by atoms with Crippen LogP contribution in [0.15, 0.2) is 42.5 Å². The molecular weight excluding hydrogens is 348 g/mol. The molecule has 2 N–H and O–H groups in total. The standard InChI is InChI=1S/C21H17F2N3O/c1-11-19-17(26-21(24)25-11)9-12(10-18(19)27)13-5-2-3-6-14(13)20-15(22)7-4-8-16(20)23/h2-8,12H,9-10H2,1H3,(H2,24,25,26). The molecule has 0 saturated carbocycles. The lowest BCUT2D eigenvalue weighted by Gasteiger charge is -2.26. The summed E-state index contributed by atoms with van der Waals surface area (Å²) in [5.74, 6) is -1.47. The number of ketones is 1. The maximum Gasteiger partial charge on any atom is 0.220 e. The Morgan fingerprint density at radius 3 is 2.41 bits per heavy atom. The number of halogens is 2. The predicted octanol–water partition coefficient (Wildman–Crippen LogP) is 4.23. The van der Waals surface area contributed by atoms with Crippen molar-refractivity contribution in [2.75, 3.05) is 5.73 Å². The van der Waals surface area contributed by atoms with Crippen LogP contribution in [0.1, 0.15) is 39.6 Å². The number of Topliss-reactive ketones (excluding diaryl/α,β-unsaturated/α-hetero) is 1. The number of rotatable bonds is 2. The van der Waals surface area contributed by atoms with Crippen molar-refractivity contribution in [1.29, 1.82) is 0 Å². The van der Waals surface area contributed by atoms with Gasteiger partial charge in [-0.15, -0.1) is 0 Å². The molecule has 3 aromatic rings. The maximum atomic E-state index is 14.4. The molecule has 0 fully saturated rings. The minimum atomic E-state index is -0.632. The first kappa shape index (κ1) is 17.3. The molecule has 1 heterocycles. The molecule has 0 saturated heterocycles. The van der Waals surface area contributed by atoms with Gasteiger partial charge in [0.1, 0.15) is 11.6 Å². The van der Waals surface area contributed by atoms with Gasteiger partial charge in [-0.05, 0) is 42.5 Å². The Kier molecular flexibility index (Phi) is 4.18. The molecule has 136 valence electrons. The van der Waals surface area contributed by atoms with E-state index in [9.17, 15) is 13.6 Å². The average molecular weight is 365 g/mol. The molecule has 4 nitrogen and oxygen atoms in total. The van der Waals surface area contributed by atoms with Gasteiger partial charge in [-0.25, -0.2) is 18.7 Å². The van der Waals surface area contributed by atoms with Crippen LogP contribution in [0, 0.1) is 18.6 Å². The molecule has 1 aliphatic rings. The van der Waals surface area contributed by atoms with E-state index in [-0.39, 0.29) is 29.6 Å². The Hall–Kier alpha value is -3.15. The zero-order valence-corrected chi connectivity index (χ0v) is 14.7. The minimum absolute atomic E-state index is 0.0790. The number of hydrogen-bond acceptors (Lipinski definition) is 4. The number of fused-ring (bicyclic) bond motifs is 1. The molecule has 0 bridgehead atoms. The quantitative estimate of drug-likeness (QED) is 0.738. The predicted molar refractivity (Wildman–Crippen MR) is 98.4 cm³/mol. The first-order valence-electron chi connectivity index (χ1n) is 8.65. The van der Waals surface area contributed by atoms with Gasteiger partial charge in [0.05, 0.1) is 22.5 Å². The number of nitrogen functional groups attached to an aromatic ring is 1. The fourth-order valence-electron chi connectivity index (χ4n) is 3.85. The molecule has 27 heavy (non-hydrogen) atoms. The van der Waals surface area contributed by atoms with Gasteiger partial charge in [-0.1, -0.05) is 30.3 Å². The summed E-state index contributed by atoms with van der Waals surface area (Å²) in [6.07, 6.45) is 0.690. The normalized spacial score (nSPS) is 16.3. The molecule has 0 radical (unpaired) electrons. The highest BCUT2D eigenvalue weighted by atomic mass is 19.1. The first-order chi connectivity index (χ1) is 13.0. The van der Waals surface area contributed by atoms with Crippen LogP contribution in [0.3, 0.4) is 0 Å². The summed E-state index contributed by atoms with van der Waals surface area (Å²) < 4.78 is 28.7. The summed E-state index contributed by atoms with van der Waals surface area (Å²) in [6.45, 7) is 1.73. The van der Waals surface area contributed by atoms with Crippen LogP contribution in [0.25, 0.3) is 11.1 Å². The van der Waals surface area contributed by atoms with E-state index in [1.54, 1.807) is 25.1 Å². The van der Waals surface area contributed by atoms with Crippen LogP contribution in [0.5, 0.6) is 0 Å². The Balaban J connectivity index is 1.83. The molecule has 4 rings (SSSR count). The molecular formula is C21H17F2N3O. The summed E-state index contributed by atoms with van der Waals surface area (Å²) >= 11 is 0. The van der Waals surface area contributed by atoms with Gasteiger partial charge in [0.25, 0.3) is 0 Å². The number of carbonyl (C=O) groups excluding carboxylic acids is 1. The summed E-state index contributed by atoms with van der Waals surface area (Å²) in [6, 6.07) is 10.8. The number of anilines is 1. The van der Waals surface area contributed by atoms with Gasteiger partial charge in [-0.3, -0.25) is 4.79 Å². The van der Waals surface area contributed by atoms with Crippen molar-refractivity contribution in [3.63, 3.8) is 0 Å². The number of nitrogens with zero attached hydrogens (tertiary/aromatic N) is 2. The van der Waals surface area contributed by atoms with Gasteiger partial charge >= 0.3 is 0 Å². The highest BCUT2D eigenvalue weighted by molar-refractivity contribution is 6.00. The molecule has 0 amide bonds.